The van der Waals surface area contributed by atoms with Gasteiger partial charge in [-0.3, -0.25) is 0 Å². The molecule has 11 rings (SSSR count). The van der Waals surface area contributed by atoms with E-state index in [-0.39, 0.29) is 0 Å². The van der Waals surface area contributed by atoms with Crippen LogP contribution in [-0.4, -0.2) is 4.57 Å². The molecule has 0 aliphatic carbocycles. The van der Waals surface area contributed by atoms with E-state index in [4.69, 9.17) is 0 Å². The normalized spacial score (nSPS) is 11.4. The number of aryl methyl sites for hydroxylation is 1. The van der Waals surface area contributed by atoms with Crippen LogP contribution in [0, 0.1) is 6.92 Å². The summed E-state index contributed by atoms with van der Waals surface area (Å²) in [5.74, 6) is 0. The first kappa shape index (κ1) is 35.3. The maximum atomic E-state index is 2.43. The lowest BCUT2D eigenvalue weighted by atomic mass is 10.0. The second-order valence-electron chi connectivity index (χ2n) is 15.5. The maximum absolute atomic E-state index is 2.43. The minimum atomic E-state index is 1.08. The van der Waals surface area contributed by atoms with Crippen LogP contribution in [0.3, 0.4) is 0 Å². The molecule has 11 aromatic rings. The van der Waals surface area contributed by atoms with Crippen LogP contribution < -0.4 is 9.80 Å². The molecular formula is C57H41N3. The highest BCUT2D eigenvalue weighted by Gasteiger charge is 2.21. The monoisotopic (exact) mass is 767 g/mol. The smallest absolute Gasteiger partial charge is 0.0619 e. The molecule has 3 nitrogen and oxygen atoms in total. The molecule has 0 saturated heterocycles. The van der Waals surface area contributed by atoms with Crippen molar-refractivity contribution in [1.82, 2.24) is 4.57 Å². The molecule has 3 heteroatoms. The molecule has 0 unspecified atom stereocenters. The van der Waals surface area contributed by atoms with Crippen LogP contribution >= 0.6 is 0 Å². The highest BCUT2D eigenvalue weighted by Crippen LogP contribution is 2.45. The SMILES string of the molecule is Cc1ccc(N(c2ccccc2)c2ccc3c(c2)c2ccc4ccccc4c2n3-c2ccccc2)cc1N(c1ccccc1)c1ccc(-c2ccc3ccccc3c2)cc1. The number of hydrogen-bond donors (Lipinski definition) is 0. The summed E-state index contributed by atoms with van der Waals surface area (Å²) < 4.78 is 2.43. The number of fused-ring (bicyclic) bond motifs is 6. The van der Waals surface area contributed by atoms with Crippen LogP contribution in [0.5, 0.6) is 0 Å². The molecule has 0 fully saturated rings. The molecule has 0 N–H and O–H groups in total. The Balaban J connectivity index is 1.07. The summed E-state index contributed by atoms with van der Waals surface area (Å²) in [6, 6.07) is 83.5. The van der Waals surface area contributed by atoms with Crippen LogP contribution in [-0.2, 0) is 0 Å². The summed E-state index contributed by atoms with van der Waals surface area (Å²) in [7, 11) is 0. The Bertz CT molecular complexity index is 3320. The Morgan fingerprint density at radius 2 is 0.883 bits per heavy atom. The lowest BCUT2D eigenvalue weighted by Gasteiger charge is -2.30. The maximum Gasteiger partial charge on any atom is 0.0619 e. The summed E-state index contributed by atoms with van der Waals surface area (Å²) in [6.45, 7) is 2.21. The third-order valence-corrected chi connectivity index (χ3v) is 11.8. The predicted molar refractivity (Wildman–Crippen MR) is 255 cm³/mol. The van der Waals surface area contributed by atoms with E-state index < -0.39 is 0 Å². The first-order chi connectivity index (χ1) is 29.7. The quantitative estimate of drug-likeness (QED) is 0.153. The molecular weight excluding hydrogens is 727 g/mol. The van der Waals surface area contributed by atoms with Crippen molar-refractivity contribution in [1.29, 1.82) is 0 Å². The highest BCUT2D eigenvalue weighted by molar-refractivity contribution is 6.19. The number of nitrogens with zero attached hydrogens (tertiary/aromatic N) is 3. The molecule has 1 aromatic heterocycles. The largest absolute Gasteiger partial charge is 0.310 e. The summed E-state index contributed by atoms with van der Waals surface area (Å²) in [5.41, 5.74) is 13.7. The zero-order valence-electron chi connectivity index (χ0n) is 33.3. The molecule has 10 aromatic carbocycles. The molecule has 0 spiro atoms. The van der Waals surface area contributed by atoms with Gasteiger partial charge in [-0.25, -0.2) is 0 Å². The van der Waals surface area contributed by atoms with Crippen LogP contribution in [0.2, 0.25) is 0 Å². The molecule has 0 radical (unpaired) electrons. The first-order valence-corrected chi connectivity index (χ1v) is 20.6. The van der Waals surface area contributed by atoms with Gasteiger partial charge in [0, 0.05) is 50.3 Å². The molecule has 0 saturated carbocycles. The van der Waals surface area contributed by atoms with Crippen molar-refractivity contribution in [3.8, 4) is 16.8 Å². The van der Waals surface area contributed by atoms with E-state index in [1.165, 1.54) is 60.0 Å². The number of hydrogen-bond acceptors (Lipinski definition) is 2. The second-order valence-corrected chi connectivity index (χ2v) is 15.5. The van der Waals surface area contributed by atoms with Gasteiger partial charge in [0.05, 0.1) is 16.7 Å². The molecule has 0 amide bonds. The summed E-state index contributed by atoms with van der Waals surface area (Å²) in [6.07, 6.45) is 0. The van der Waals surface area contributed by atoms with Crippen molar-refractivity contribution in [2.75, 3.05) is 9.80 Å². The van der Waals surface area contributed by atoms with E-state index in [9.17, 15) is 0 Å². The third kappa shape index (κ3) is 6.16. The number of aromatic nitrogens is 1. The molecule has 284 valence electrons. The predicted octanol–water partition coefficient (Wildman–Crippen LogP) is 16.0. The topological polar surface area (TPSA) is 11.4 Å². The van der Waals surface area contributed by atoms with Gasteiger partial charge >= 0.3 is 0 Å². The average Bonchev–Trinajstić information content (AvgIpc) is 3.65. The Labute approximate surface area is 350 Å². The van der Waals surface area contributed by atoms with Gasteiger partial charge in [0.1, 0.15) is 0 Å². The van der Waals surface area contributed by atoms with Gasteiger partial charge in [-0.15, -0.1) is 0 Å². The van der Waals surface area contributed by atoms with Gasteiger partial charge in [0.15, 0.2) is 0 Å². The van der Waals surface area contributed by atoms with Gasteiger partial charge in [0.25, 0.3) is 0 Å². The van der Waals surface area contributed by atoms with Crippen molar-refractivity contribution in [2.24, 2.45) is 0 Å². The molecule has 0 aliphatic rings. The Kier molecular flexibility index (Phi) is 8.71. The van der Waals surface area contributed by atoms with E-state index >= 15 is 0 Å². The summed E-state index contributed by atoms with van der Waals surface area (Å²) >= 11 is 0. The standard InChI is InChI=1S/C57H41N3/c1-40-25-31-51(39-56(40)59(47-20-7-3-8-21-47)49-32-28-42(29-33-49)45-27-26-41-15-11-12-17-44(41)37-45)58(46-18-5-2-6-19-46)50-34-36-55-54(38-50)53-35-30-43-16-13-14-24-52(43)57(53)60(55)48-22-9-4-10-23-48/h2-39H,1H3. The zero-order valence-corrected chi connectivity index (χ0v) is 33.3. The van der Waals surface area contributed by atoms with Crippen molar-refractivity contribution in [2.45, 2.75) is 6.92 Å². The lowest BCUT2D eigenvalue weighted by Crippen LogP contribution is -2.14. The van der Waals surface area contributed by atoms with Gasteiger partial charge in [0.2, 0.25) is 0 Å². The van der Waals surface area contributed by atoms with Gasteiger partial charge in [-0.2, -0.15) is 0 Å². The van der Waals surface area contributed by atoms with Crippen molar-refractivity contribution >= 4 is 77.5 Å². The zero-order chi connectivity index (χ0) is 40.0. The fourth-order valence-corrected chi connectivity index (χ4v) is 8.93. The fraction of sp³-hybridized carbons (Fsp3) is 0.0175. The van der Waals surface area contributed by atoms with E-state index in [2.05, 4.69) is 252 Å². The lowest BCUT2D eigenvalue weighted by molar-refractivity contribution is 1.18. The summed E-state index contributed by atoms with van der Waals surface area (Å²) in [4.78, 5) is 4.77. The van der Waals surface area contributed by atoms with E-state index in [1.54, 1.807) is 0 Å². The molecule has 1 heterocycles. The molecule has 0 aliphatic heterocycles. The van der Waals surface area contributed by atoms with Crippen LogP contribution in [0.1, 0.15) is 5.56 Å². The van der Waals surface area contributed by atoms with E-state index in [1.807, 2.05) is 0 Å². The number of anilines is 6. The number of rotatable bonds is 8. The molecule has 0 bridgehead atoms. The highest BCUT2D eigenvalue weighted by atomic mass is 15.2. The first-order valence-electron chi connectivity index (χ1n) is 20.6. The van der Waals surface area contributed by atoms with E-state index in [0.29, 0.717) is 0 Å². The fourth-order valence-electron chi connectivity index (χ4n) is 8.93. The summed E-state index contributed by atoms with van der Waals surface area (Å²) in [5, 5.41) is 7.41. The van der Waals surface area contributed by atoms with Crippen LogP contribution in [0.4, 0.5) is 34.1 Å². The molecule has 60 heavy (non-hydrogen) atoms. The Morgan fingerprint density at radius 3 is 1.63 bits per heavy atom. The van der Waals surface area contributed by atoms with Gasteiger partial charge < -0.3 is 14.4 Å². The Morgan fingerprint density at radius 1 is 0.333 bits per heavy atom. The van der Waals surface area contributed by atoms with Gasteiger partial charge in [-0.05, 0) is 125 Å². The minimum absolute atomic E-state index is 1.08. The van der Waals surface area contributed by atoms with Crippen molar-refractivity contribution in [3.05, 3.63) is 236 Å². The van der Waals surface area contributed by atoms with Crippen LogP contribution in [0.25, 0.3) is 60.2 Å². The third-order valence-electron chi connectivity index (χ3n) is 11.8. The Hall–Kier alpha value is -7.88. The number of para-hydroxylation sites is 3. The van der Waals surface area contributed by atoms with Crippen LogP contribution in [0.15, 0.2) is 231 Å². The number of benzene rings is 10. The average molecular weight is 768 g/mol. The molecule has 0 atom stereocenters. The van der Waals surface area contributed by atoms with Gasteiger partial charge in [-0.1, -0.05) is 146 Å². The second kappa shape index (κ2) is 14.8. The minimum Gasteiger partial charge on any atom is -0.310 e. The van der Waals surface area contributed by atoms with E-state index in [0.717, 1.165) is 39.8 Å². The van der Waals surface area contributed by atoms with Crippen molar-refractivity contribution in [3.63, 3.8) is 0 Å². The van der Waals surface area contributed by atoms with Crippen molar-refractivity contribution < 1.29 is 0 Å².